The summed E-state index contributed by atoms with van der Waals surface area (Å²) in [6.45, 7) is 1.70. The summed E-state index contributed by atoms with van der Waals surface area (Å²) < 4.78 is 32.7. The highest BCUT2D eigenvalue weighted by molar-refractivity contribution is 7.71. The van der Waals surface area contributed by atoms with Gasteiger partial charge in [0.15, 0.2) is 16.3 Å². The van der Waals surface area contributed by atoms with Crippen molar-refractivity contribution in [3.8, 4) is 5.75 Å². The number of aromatic amines is 2. The first-order chi connectivity index (χ1) is 11.9. The van der Waals surface area contributed by atoms with Crippen LogP contribution in [0, 0.1) is 16.4 Å². The highest BCUT2D eigenvalue weighted by atomic mass is 32.1. The molecular formula is C17H15F2N3O2S. The van der Waals surface area contributed by atoms with Crippen molar-refractivity contribution in [3.63, 3.8) is 0 Å². The molecule has 8 heteroatoms. The van der Waals surface area contributed by atoms with Gasteiger partial charge in [-0.2, -0.15) is 0 Å². The predicted molar refractivity (Wildman–Crippen MR) is 92.3 cm³/mol. The Balaban J connectivity index is 1.89. The van der Waals surface area contributed by atoms with Crippen LogP contribution in [0.4, 0.5) is 8.78 Å². The number of rotatable bonds is 4. The third kappa shape index (κ3) is 3.39. The van der Waals surface area contributed by atoms with E-state index in [-0.39, 0.29) is 11.3 Å². The first kappa shape index (κ1) is 17.1. The molecule has 3 rings (SSSR count). The number of imidazole rings is 1. The lowest BCUT2D eigenvalue weighted by Crippen LogP contribution is -2.27. The molecule has 25 heavy (non-hydrogen) atoms. The molecule has 0 spiro atoms. The molecule has 1 atom stereocenters. The molecule has 3 aromatic rings. The number of carbonyl (C=O) groups is 1. The second-order valence-electron chi connectivity index (χ2n) is 5.54. The molecule has 0 radical (unpaired) electrons. The van der Waals surface area contributed by atoms with Crippen LogP contribution in [0.1, 0.15) is 28.9 Å². The number of hydrogen-bond acceptors (Lipinski definition) is 3. The molecule has 1 unspecified atom stereocenters. The van der Waals surface area contributed by atoms with Crippen molar-refractivity contribution in [2.75, 3.05) is 7.11 Å². The van der Waals surface area contributed by atoms with Crippen LogP contribution in [0.25, 0.3) is 11.0 Å². The molecule has 0 saturated heterocycles. The molecule has 2 aromatic carbocycles. The number of carbonyl (C=O) groups excluding carboxylic acids is 1. The summed E-state index contributed by atoms with van der Waals surface area (Å²) in [6, 6.07) is 6.30. The van der Waals surface area contributed by atoms with E-state index in [9.17, 15) is 13.6 Å². The molecule has 0 aliphatic rings. The van der Waals surface area contributed by atoms with Gasteiger partial charge in [-0.05, 0) is 49.0 Å². The lowest BCUT2D eigenvalue weighted by atomic mass is 10.1. The van der Waals surface area contributed by atoms with Gasteiger partial charge in [-0.3, -0.25) is 4.79 Å². The molecule has 0 bridgehead atoms. The Kier molecular flexibility index (Phi) is 4.54. The van der Waals surface area contributed by atoms with E-state index in [4.69, 9.17) is 17.0 Å². The van der Waals surface area contributed by atoms with Gasteiger partial charge in [0.05, 0.1) is 29.7 Å². The van der Waals surface area contributed by atoms with Gasteiger partial charge in [0, 0.05) is 0 Å². The van der Waals surface area contributed by atoms with Crippen molar-refractivity contribution in [2.45, 2.75) is 13.0 Å². The molecule has 5 nitrogen and oxygen atoms in total. The number of ether oxygens (including phenoxy) is 1. The lowest BCUT2D eigenvalue weighted by molar-refractivity contribution is 0.0941. The monoisotopic (exact) mass is 363 g/mol. The zero-order chi connectivity index (χ0) is 18.1. The summed E-state index contributed by atoms with van der Waals surface area (Å²) in [5.41, 5.74) is 1.49. The fraction of sp³-hybridized carbons (Fsp3) is 0.176. The van der Waals surface area contributed by atoms with Crippen molar-refractivity contribution >= 4 is 29.2 Å². The Morgan fingerprint density at radius 2 is 2.00 bits per heavy atom. The Morgan fingerprint density at radius 1 is 1.24 bits per heavy atom. The normalized spacial score (nSPS) is 12.2. The highest BCUT2D eigenvalue weighted by Crippen LogP contribution is 2.23. The van der Waals surface area contributed by atoms with Crippen LogP contribution in [0.2, 0.25) is 0 Å². The molecule has 0 aliphatic carbocycles. The quantitative estimate of drug-likeness (QED) is 0.614. The van der Waals surface area contributed by atoms with Gasteiger partial charge < -0.3 is 20.0 Å². The molecule has 1 aromatic heterocycles. The maximum absolute atomic E-state index is 13.8. The van der Waals surface area contributed by atoms with E-state index in [1.54, 1.807) is 13.0 Å². The minimum Gasteiger partial charge on any atom is -0.494 e. The van der Waals surface area contributed by atoms with E-state index in [1.165, 1.54) is 25.3 Å². The van der Waals surface area contributed by atoms with E-state index in [2.05, 4.69) is 15.3 Å². The number of methoxy groups -OCH3 is 1. The van der Waals surface area contributed by atoms with Gasteiger partial charge in [0.25, 0.3) is 5.91 Å². The average molecular weight is 363 g/mol. The maximum Gasteiger partial charge on any atom is 0.254 e. The molecule has 130 valence electrons. The highest BCUT2D eigenvalue weighted by Gasteiger charge is 2.17. The van der Waals surface area contributed by atoms with Gasteiger partial charge in [-0.25, -0.2) is 8.78 Å². The maximum atomic E-state index is 13.8. The first-order valence-corrected chi connectivity index (χ1v) is 7.85. The number of hydrogen-bond donors (Lipinski definition) is 3. The van der Waals surface area contributed by atoms with Crippen LogP contribution in [0.5, 0.6) is 5.75 Å². The fourth-order valence-electron chi connectivity index (χ4n) is 2.60. The van der Waals surface area contributed by atoms with Gasteiger partial charge in [0.1, 0.15) is 5.82 Å². The minimum atomic E-state index is -0.564. The Hall–Kier alpha value is -2.74. The van der Waals surface area contributed by atoms with Crippen molar-refractivity contribution < 1.29 is 18.3 Å². The minimum absolute atomic E-state index is 0.114. The number of halogens is 2. The third-order valence-corrected chi connectivity index (χ3v) is 4.06. The summed E-state index contributed by atoms with van der Waals surface area (Å²) in [5.74, 6) is -1.47. The second kappa shape index (κ2) is 6.64. The lowest BCUT2D eigenvalue weighted by Gasteiger charge is -2.15. The number of aromatic nitrogens is 2. The van der Waals surface area contributed by atoms with E-state index >= 15 is 0 Å². The van der Waals surface area contributed by atoms with Crippen molar-refractivity contribution in [3.05, 3.63) is 57.9 Å². The number of fused-ring (bicyclic) bond motifs is 1. The van der Waals surface area contributed by atoms with Crippen molar-refractivity contribution in [1.29, 1.82) is 0 Å². The second-order valence-corrected chi connectivity index (χ2v) is 5.95. The molecule has 1 amide bonds. The van der Waals surface area contributed by atoms with Gasteiger partial charge in [-0.15, -0.1) is 0 Å². The number of amides is 1. The Morgan fingerprint density at radius 3 is 2.68 bits per heavy atom. The van der Waals surface area contributed by atoms with E-state index < -0.39 is 23.6 Å². The topological polar surface area (TPSA) is 69.9 Å². The van der Waals surface area contributed by atoms with Crippen LogP contribution in [0.15, 0.2) is 30.3 Å². The van der Waals surface area contributed by atoms with Crippen LogP contribution < -0.4 is 10.1 Å². The standard InChI is InChI=1S/C17H15F2N3O2S/c1-8(9-3-4-14(24-2)12(19)5-9)20-16(23)11-6-10(18)7-13-15(11)22-17(25)21-13/h3-8H,1-2H3,(H,20,23)(H2,21,22,25). The Labute approximate surface area is 147 Å². The van der Waals surface area contributed by atoms with Crippen molar-refractivity contribution in [2.24, 2.45) is 0 Å². The van der Waals surface area contributed by atoms with Gasteiger partial charge in [-0.1, -0.05) is 6.07 Å². The largest absolute Gasteiger partial charge is 0.494 e. The van der Waals surface area contributed by atoms with Gasteiger partial charge >= 0.3 is 0 Å². The molecule has 0 fully saturated rings. The van der Waals surface area contributed by atoms with Crippen LogP contribution in [-0.2, 0) is 0 Å². The van der Waals surface area contributed by atoms with E-state index in [0.29, 0.717) is 21.4 Å². The summed E-state index contributed by atoms with van der Waals surface area (Å²) in [7, 11) is 1.37. The molecular weight excluding hydrogens is 348 g/mol. The van der Waals surface area contributed by atoms with E-state index in [1.807, 2.05) is 0 Å². The van der Waals surface area contributed by atoms with Crippen LogP contribution in [-0.4, -0.2) is 23.0 Å². The Bertz CT molecular complexity index is 1010. The summed E-state index contributed by atoms with van der Waals surface area (Å²) in [5, 5.41) is 2.72. The van der Waals surface area contributed by atoms with Crippen LogP contribution >= 0.6 is 12.2 Å². The number of nitrogens with one attached hydrogen (secondary N) is 3. The van der Waals surface area contributed by atoms with Crippen LogP contribution in [0.3, 0.4) is 0 Å². The van der Waals surface area contributed by atoms with E-state index in [0.717, 1.165) is 6.07 Å². The van der Waals surface area contributed by atoms with Gasteiger partial charge in [0.2, 0.25) is 0 Å². The smallest absolute Gasteiger partial charge is 0.254 e. The number of benzene rings is 2. The van der Waals surface area contributed by atoms with Crippen molar-refractivity contribution in [1.82, 2.24) is 15.3 Å². The molecule has 3 N–H and O–H groups in total. The zero-order valence-corrected chi connectivity index (χ0v) is 14.3. The number of H-pyrrole nitrogens is 2. The summed E-state index contributed by atoms with van der Waals surface area (Å²) in [6.07, 6.45) is 0. The predicted octanol–water partition coefficient (Wildman–Crippen LogP) is 4.00. The molecule has 1 heterocycles. The fourth-order valence-corrected chi connectivity index (χ4v) is 2.81. The SMILES string of the molecule is COc1ccc(C(C)NC(=O)c2cc(F)cc3[nH]c(=S)[nH]c23)cc1F. The summed E-state index contributed by atoms with van der Waals surface area (Å²) in [4.78, 5) is 18.2. The summed E-state index contributed by atoms with van der Waals surface area (Å²) >= 11 is 4.99. The first-order valence-electron chi connectivity index (χ1n) is 7.45. The molecule has 0 aliphatic heterocycles. The average Bonchev–Trinajstić information content (AvgIpc) is 2.93. The molecule has 0 saturated carbocycles. The third-order valence-electron chi connectivity index (χ3n) is 3.86. The zero-order valence-electron chi connectivity index (χ0n) is 13.4.